The molecule has 0 saturated carbocycles. The van der Waals surface area contributed by atoms with E-state index in [1.165, 1.54) is 21.3 Å². The number of nitrogens with zero attached hydrogens (tertiary/aromatic N) is 1. The van der Waals surface area contributed by atoms with Gasteiger partial charge in [-0.3, -0.25) is 19.3 Å². The van der Waals surface area contributed by atoms with Crippen LogP contribution in [0.15, 0.2) is 47.4 Å². The average Bonchev–Trinajstić information content (AvgIpc) is 3.01. The number of hydrogen-bond acceptors (Lipinski definition) is 7. The number of thioether (sulfide) groups is 1. The zero-order valence-corrected chi connectivity index (χ0v) is 17.4. The van der Waals surface area contributed by atoms with Gasteiger partial charge in [-0.1, -0.05) is 12.1 Å². The van der Waals surface area contributed by atoms with Gasteiger partial charge >= 0.3 is 0 Å². The van der Waals surface area contributed by atoms with E-state index in [0.717, 1.165) is 16.7 Å². The van der Waals surface area contributed by atoms with Gasteiger partial charge in [0.25, 0.3) is 11.1 Å². The van der Waals surface area contributed by atoms with Crippen LogP contribution >= 0.6 is 11.8 Å². The molecule has 1 fully saturated rings. The van der Waals surface area contributed by atoms with E-state index in [-0.39, 0.29) is 4.91 Å². The Morgan fingerprint density at radius 3 is 2.47 bits per heavy atom. The third kappa shape index (κ3) is 4.57. The number of ether oxygens (including phenoxy) is 3. The van der Waals surface area contributed by atoms with Gasteiger partial charge in [-0.2, -0.15) is 0 Å². The minimum Gasteiger partial charge on any atom is -0.497 e. The molecule has 1 aliphatic rings. The monoisotopic (exact) mass is 428 g/mol. The maximum absolute atomic E-state index is 12.7. The van der Waals surface area contributed by atoms with Crippen molar-refractivity contribution in [2.45, 2.75) is 0 Å². The maximum Gasteiger partial charge on any atom is 0.294 e. The van der Waals surface area contributed by atoms with Crippen LogP contribution in [0.2, 0.25) is 0 Å². The van der Waals surface area contributed by atoms with Gasteiger partial charge in [-0.25, -0.2) is 0 Å². The number of anilines is 1. The number of hydrogen-bond donors (Lipinski definition) is 1. The van der Waals surface area contributed by atoms with Crippen LogP contribution in [-0.4, -0.2) is 49.8 Å². The van der Waals surface area contributed by atoms with Crippen molar-refractivity contribution in [2.75, 3.05) is 33.2 Å². The number of amides is 3. The lowest BCUT2D eigenvalue weighted by atomic mass is 10.1. The predicted molar refractivity (Wildman–Crippen MR) is 114 cm³/mol. The number of methoxy groups -OCH3 is 3. The second-order valence-corrected chi connectivity index (χ2v) is 7.12. The Hall–Kier alpha value is -3.46. The number of para-hydroxylation sites is 2. The standard InChI is InChI=1S/C21H20N2O6S/c1-27-14-9-8-13(17(11-14)29-3)10-18-20(25)23(21(26)30-18)12-19(24)22-15-6-4-5-7-16(15)28-2/h4-11H,12H2,1-3H3,(H,22,24)/b18-10-. The Labute approximate surface area is 177 Å². The molecule has 156 valence electrons. The van der Waals surface area contributed by atoms with Gasteiger partial charge in [-0.05, 0) is 42.1 Å². The van der Waals surface area contributed by atoms with Gasteiger partial charge in [-0.15, -0.1) is 0 Å². The van der Waals surface area contributed by atoms with Crippen molar-refractivity contribution < 1.29 is 28.6 Å². The minimum atomic E-state index is -0.543. The smallest absolute Gasteiger partial charge is 0.294 e. The number of carbonyl (C=O) groups is 3. The molecule has 0 radical (unpaired) electrons. The fourth-order valence-electron chi connectivity index (χ4n) is 2.80. The third-order valence-corrected chi connectivity index (χ3v) is 5.19. The van der Waals surface area contributed by atoms with E-state index in [0.29, 0.717) is 28.5 Å². The van der Waals surface area contributed by atoms with Gasteiger partial charge in [0.15, 0.2) is 0 Å². The Morgan fingerprint density at radius 2 is 1.77 bits per heavy atom. The molecule has 0 aromatic heterocycles. The summed E-state index contributed by atoms with van der Waals surface area (Å²) in [5.41, 5.74) is 1.07. The zero-order valence-electron chi connectivity index (χ0n) is 16.6. The van der Waals surface area contributed by atoms with Crippen molar-refractivity contribution in [1.82, 2.24) is 4.90 Å². The van der Waals surface area contributed by atoms with Crippen molar-refractivity contribution >= 4 is 40.6 Å². The molecule has 9 heteroatoms. The summed E-state index contributed by atoms with van der Waals surface area (Å²) >= 11 is 0.769. The fraction of sp³-hybridized carbons (Fsp3) is 0.190. The lowest BCUT2D eigenvalue weighted by Gasteiger charge is -2.14. The van der Waals surface area contributed by atoms with Crippen LogP contribution in [0.1, 0.15) is 5.56 Å². The second kappa shape index (κ2) is 9.36. The molecule has 0 unspecified atom stereocenters. The van der Waals surface area contributed by atoms with E-state index in [1.807, 2.05) is 0 Å². The van der Waals surface area contributed by atoms with Crippen molar-refractivity contribution in [1.29, 1.82) is 0 Å². The number of carbonyl (C=O) groups excluding carboxylic acids is 3. The molecule has 3 rings (SSSR count). The first kappa shape index (κ1) is 21.3. The third-order valence-electron chi connectivity index (χ3n) is 4.28. The molecule has 0 atom stereocenters. The summed E-state index contributed by atoms with van der Waals surface area (Å²) in [6.45, 7) is -0.403. The quantitative estimate of drug-likeness (QED) is 0.676. The highest BCUT2D eigenvalue weighted by atomic mass is 32.2. The SMILES string of the molecule is COc1ccc(/C=C2\SC(=O)N(CC(=O)Nc3ccccc3OC)C2=O)c(OC)c1. The van der Waals surface area contributed by atoms with Crippen molar-refractivity contribution in [3.63, 3.8) is 0 Å². The Balaban J connectivity index is 1.75. The number of rotatable bonds is 7. The summed E-state index contributed by atoms with van der Waals surface area (Å²) in [4.78, 5) is 38.5. The molecule has 3 amide bonds. The molecule has 8 nitrogen and oxygen atoms in total. The van der Waals surface area contributed by atoms with Crippen LogP contribution in [0.4, 0.5) is 10.5 Å². The second-order valence-electron chi connectivity index (χ2n) is 6.12. The average molecular weight is 428 g/mol. The van der Waals surface area contributed by atoms with Crippen LogP contribution < -0.4 is 19.5 Å². The fourth-order valence-corrected chi connectivity index (χ4v) is 3.63. The van der Waals surface area contributed by atoms with Gasteiger partial charge < -0.3 is 19.5 Å². The van der Waals surface area contributed by atoms with E-state index >= 15 is 0 Å². The molecule has 0 spiro atoms. The number of benzene rings is 2. The predicted octanol–water partition coefficient (Wildman–Crippen LogP) is 3.39. The first-order chi connectivity index (χ1) is 14.5. The molecule has 1 aliphatic heterocycles. The summed E-state index contributed by atoms with van der Waals surface area (Å²) in [5, 5.41) is 2.13. The van der Waals surface area contributed by atoms with Gasteiger partial charge in [0.1, 0.15) is 23.8 Å². The summed E-state index contributed by atoms with van der Waals surface area (Å²) in [5.74, 6) is 0.523. The van der Waals surface area contributed by atoms with Gasteiger partial charge in [0.05, 0.1) is 31.9 Å². The molecule has 0 bridgehead atoms. The minimum absolute atomic E-state index is 0.202. The lowest BCUT2D eigenvalue weighted by Crippen LogP contribution is -2.36. The molecular weight excluding hydrogens is 408 g/mol. The highest BCUT2D eigenvalue weighted by Crippen LogP contribution is 2.35. The van der Waals surface area contributed by atoms with E-state index in [4.69, 9.17) is 14.2 Å². The van der Waals surface area contributed by atoms with Crippen LogP contribution in [0.3, 0.4) is 0 Å². The van der Waals surface area contributed by atoms with Crippen molar-refractivity contribution in [3.8, 4) is 17.2 Å². The van der Waals surface area contributed by atoms with E-state index in [2.05, 4.69) is 5.32 Å². The summed E-state index contributed by atoms with van der Waals surface area (Å²) < 4.78 is 15.7. The first-order valence-electron chi connectivity index (χ1n) is 8.87. The Bertz CT molecular complexity index is 1020. The molecule has 2 aromatic rings. The highest BCUT2D eigenvalue weighted by Gasteiger charge is 2.36. The maximum atomic E-state index is 12.7. The van der Waals surface area contributed by atoms with Gasteiger partial charge in [0.2, 0.25) is 5.91 Å². The van der Waals surface area contributed by atoms with E-state index in [1.54, 1.807) is 48.5 Å². The van der Waals surface area contributed by atoms with Crippen LogP contribution in [-0.2, 0) is 9.59 Å². The molecule has 30 heavy (non-hydrogen) atoms. The summed E-state index contributed by atoms with van der Waals surface area (Å²) in [6.07, 6.45) is 1.56. The van der Waals surface area contributed by atoms with Crippen LogP contribution in [0, 0.1) is 0 Å². The van der Waals surface area contributed by atoms with E-state index in [9.17, 15) is 14.4 Å². The largest absolute Gasteiger partial charge is 0.497 e. The van der Waals surface area contributed by atoms with Crippen molar-refractivity contribution in [3.05, 3.63) is 52.9 Å². The van der Waals surface area contributed by atoms with E-state index < -0.39 is 23.6 Å². The molecule has 0 aliphatic carbocycles. The molecular formula is C21H20N2O6S. The summed E-state index contributed by atoms with van der Waals surface area (Å²) in [7, 11) is 4.52. The van der Waals surface area contributed by atoms with Crippen LogP contribution in [0.25, 0.3) is 6.08 Å². The van der Waals surface area contributed by atoms with Crippen molar-refractivity contribution in [2.24, 2.45) is 0 Å². The molecule has 2 aromatic carbocycles. The Morgan fingerprint density at radius 1 is 1.03 bits per heavy atom. The first-order valence-corrected chi connectivity index (χ1v) is 9.68. The zero-order chi connectivity index (χ0) is 21.7. The highest BCUT2D eigenvalue weighted by molar-refractivity contribution is 8.18. The van der Waals surface area contributed by atoms with Crippen LogP contribution in [0.5, 0.6) is 17.2 Å². The molecule has 1 N–H and O–H groups in total. The normalized spacial score (nSPS) is 14.8. The molecule has 1 heterocycles. The number of imide groups is 1. The Kier molecular flexibility index (Phi) is 6.63. The summed E-state index contributed by atoms with van der Waals surface area (Å²) in [6, 6.07) is 12.0. The molecule has 1 saturated heterocycles. The lowest BCUT2D eigenvalue weighted by molar-refractivity contribution is -0.127. The number of nitrogens with one attached hydrogen (secondary N) is 1. The van der Waals surface area contributed by atoms with Gasteiger partial charge in [0, 0.05) is 11.6 Å². The topological polar surface area (TPSA) is 94.2 Å².